The van der Waals surface area contributed by atoms with E-state index >= 15 is 0 Å². The minimum Gasteiger partial charge on any atom is -0.370 e. The van der Waals surface area contributed by atoms with Crippen LogP contribution in [0.15, 0.2) is 16.8 Å². The molecule has 1 atom stereocenters. The molecule has 0 saturated heterocycles. The molecule has 0 radical (unpaired) electrons. The molecule has 0 aromatic carbocycles. The summed E-state index contributed by atoms with van der Waals surface area (Å²) in [6.07, 6.45) is 1.66. The van der Waals surface area contributed by atoms with Gasteiger partial charge in [0.15, 0.2) is 5.82 Å². The molecule has 8 nitrogen and oxygen atoms in total. The van der Waals surface area contributed by atoms with E-state index in [2.05, 4.69) is 38.9 Å². The second-order valence-electron chi connectivity index (χ2n) is 6.61. The van der Waals surface area contributed by atoms with Crippen molar-refractivity contribution in [2.24, 2.45) is 5.92 Å². The molecule has 0 amide bonds. The summed E-state index contributed by atoms with van der Waals surface area (Å²) in [6.45, 7) is 9.13. The number of fused-ring (bicyclic) bond motifs is 1. The number of nitrogens with zero attached hydrogens (tertiary/aromatic N) is 5. The second kappa shape index (κ2) is 7.18. The molecule has 0 unspecified atom stereocenters. The Labute approximate surface area is 146 Å². The molecule has 0 spiro atoms. The molecule has 25 heavy (non-hydrogen) atoms. The van der Waals surface area contributed by atoms with Crippen molar-refractivity contribution < 1.29 is 9.26 Å². The number of nitrogens with one attached hydrogen (secondary N) is 1. The molecule has 8 heteroatoms. The average Bonchev–Trinajstić information content (AvgIpc) is 3.20. The van der Waals surface area contributed by atoms with Gasteiger partial charge in [-0.2, -0.15) is 4.98 Å². The summed E-state index contributed by atoms with van der Waals surface area (Å²) in [4.78, 5) is 18.5. The predicted molar refractivity (Wildman–Crippen MR) is 94.2 cm³/mol. The van der Waals surface area contributed by atoms with E-state index in [-0.39, 0.29) is 6.10 Å². The van der Waals surface area contributed by atoms with Crippen molar-refractivity contribution in [1.82, 2.24) is 25.1 Å². The van der Waals surface area contributed by atoms with Gasteiger partial charge in [-0.1, -0.05) is 19.0 Å². The molecule has 0 bridgehead atoms. The lowest BCUT2D eigenvalue weighted by molar-refractivity contribution is 0.0402. The lowest BCUT2D eigenvalue weighted by Gasteiger charge is -2.17. The zero-order chi connectivity index (χ0) is 18.0. The summed E-state index contributed by atoms with van der Waals surface area (Å²) in [6, 6.07) is 1.96. The Morgan fingerprint density at radius 3 is 2.80 bits per heavy atom. The van der Waals surface area contributed by atoms with Gasteiger partial charge in [-0.05, 0) is 25.8 Å². The van der Waals surface area contributed by atoms with Crippen molar-refractivity contribution in [3.8, 4) is 0 Å². The first-order valence-corrected chi connectivity index (χ1v) is 8.41. The molecule has 3 aromatic heterocycles. The number of aromatic nitrogens is 5. The number of hydrogen-bond acceptors (Lipinski definition) is 7. The Kier molecular flexibility index (Phi) is 4.98. The number of ether oxygens (including phenoxy) is 1. The first-order valence-electron chi connectivity index (χ1n) is 8.41. The van der Waals surface area contributed by atoms with Gasteiger partial charge >= 0.3 is 0 Å². The largest absolute Gasteiger partial charge is 0.370 e. The molecule has 0 fully saturated rings. The smallest absolute Gasteiger partial charge is 0.246 e. The van der Waals surface area contributed by atoms with Crippen LogP contribution in [0.4, 0.5) is 5.82 Å². The normalized spacial score (nSPS) is 12.9. The highest BCUT2D eigenvalue weighted by Crippen LogP contribution is 2.23. The van der Waals surface area contributed by atoms with Gasteiger partial charge in [0.2, 0.25) is 5.89 Å². The van der Waals surface area contributed by atoms with Crippen LogP contribution >= 0.6 is 0 Å². The third-order valence-electron chi connectivity index (χ3n) is 3.77. The maximum atomic E-state index is 5.73. The van der Waals surface area contributed by atoms with Crippen LogP contribution in [0.25, 0.3) is 11.0 Å². The highest BCUT2D eigenvalue weighted by molar-refractivity contribution is 5.87. The van der Waals surface area contributed by atoms with Gasteiger partial charge in [-0.3, -0.25) is 0 Å². The first kappa shape index (κ1) is 17.3. The minimum absolute atomic E-state index is 0.192. The van der Waals surface area contributed by atoms with Crippen molar-refractivity contribution in [2.75, 3.05) is 18.6 Å². The monoisotopic (exact) mass is 344 g/mol. The van der Waals surface area contributed by atoms with Crippen LogP contribution in [0.3, 0.4) is 0 Å². The van der Waals surface area contributed by atoms with Crippen molar-refractivity contribution in [1.29, 1.82) is 0 Å². The Morgan fingerprint density at radius 2 is 2.04 bits per heavy atom. The lowest BCUT2D eigenvalue weighted by atomic mass is 10.2. The number of rotatable bonds is 7. The first-order chi connectivity index (χ1) is 11.9. The maximum Gasteiger partial charge on any atom is 0.246 e. The summed E-state index contributed by atoms with van der Waals surface area (Å²) in [7, 11) is 1.94. The minimum atomic E-state index is -0.192. The topological polar surface area (TPSA) is 93.0 Å². The van der Waals surface area contributed by atoms with E-state index < -0.39 is 0 Å². The zero-order valence-corrected chi connectivity index (χ0v) is 15.3. The lowest BCUT2D eigenvalue weighted by Crippen LogP contribution is -2.19. The zero-order valence-electron chi connectivity index (χ0n) is 15.3. The number of hydrogen-bond donors (Lipinski definition) is 1. The molecule has 0 aliphatic carbocycles. The van der Waals surface area contributed by atoms with Gasteiger partial charge in [0.25, 0.3) is 0 Å². The van der Waals surface area contributed by atoms with Crippen molar-refractivity contribution in [2.45, 2.75) is 40.3 Å². The van der Waals surface area contributed by atoms with Crippen LogP contribution < -0.4 is 4.90 Å². The van der Waals surface area contributed by atoms with Crippen molar-refractivity contribution in [3.63, 3.8) is 0 Å². The maximum absolute atomic E-state index is 5.73. The van der Waals surface area contributed by atoms with Crippen LogP contribution in [0, 0.1) is 12.8 Å². The Balaban J connectivity index is 1.73. The van der Waals surface area contributed by atoms with Crippen LogP contribution in [0.2, 0.25) is 0 Å². The van der Waals surface area contributed by atoms with Gasteiger partial charge in [-0.15, -0.1) is 0 Å². The molecule has 0 saturated carbocycles. The van der Waals surface area contributed by atoms with Gasteiger partial charge in [0.1, 0.15) is 23.4 Å². The summed E-state index contributed by atoms with van der Waals surface area (Å²) in [5.41, 5.74) is 0.816. The van der Waals surface area contributed by atoms with E-state index in [1.54, 1.807) is 0 Å². The SMILES string of the molecule is Cc1nc(N(C)Cc2nc([C@@H](C)OCC(C)C)no2)c2cc[nH]c2n1. The fourth-order valence-electron chi connectivity index (χ4n) is 2.51. The Morgan fingerprint density at radius 1 is 1.24 bits per heavy atom. The molecule has 1 N–H and O–H groups in total. The third-order valence-corrected chi connectivity index (χ3v) is 3.77. The van der Waals surface area contributed by atoms with E-state index in [4.69, 9.17) is 9.26 Å². The Bertz CT molecular complexity index is 841. The van der Waals surface area contributed by atoms with Gasteiger partial charge < -0.3 is 19.1 Å². The molecular weight excluding hydrogens is 320 g/mol. The summed E-state index contributed by atoms with van der Waals surface area (Å²) in [5, 5.41) is 4.99. The second-order valence-corrected chi connectivity index (χ2v) is 6.61. The molecule has 0 aliphatic rings. The fourth-order valence-corrected chi connectivity index (χ4v) is 2.51. The van der Waals surface area contributed by atoms with Crippen LogP contribution in [0.1, 0.15) is 44.4 Å². The average molecular weight is 344 g/mol. The van der Waals surface area contributed by atoms with Gasteiger partial charge in [0, 0.05) is 19.9 Å². The molecule has 134 valence electrons. The molecular formula is C17H24N6O2. The number of H-pyrrole nitrogens is 1. The van der Waals surface area contributed by atoms with Gasteiger partial charge in [-0.25, -0.2) is 9.97 Å². The quantitative estimate of drug-likeness (QED) is 0.704. The Hall–Kier alpha value is -2.48. The van der Waals surface area contributed by atoms with Crippen LogP contribution in [-0.2, 0) is 11.3 Å². The van der Waals surface area contributed by atoms with Gasteiger partial charge in [0.05, 0.1) is 11.9 Å². The van der Waals surface area contributed by atoms with E-state index in [1.807, 2.05) is 38.1 Å². The van der Waals surface area contributed by atoms with Crippen molar-refractivity contribution in [3.05, 3.63) is 29.8 Å². The molecule has 0 aliphatic heterocycles. The third kappa shape index (κ3) is 3.96. The molecule has 3 rings (SSSR count). The molecule has 3 heterocycles. The number of aromatic amines is 1. The number of anilines is 1. The summed E-state index contributed by atoms with van der Waals surface area (Å²) >= 11 is 0. The van der Waals surface area contributed by atoms with Crippen LogP contribution in [0.5, 0.6) is 0 Å². The summed E-state index contributed by atoms with van der Waals surface area (Å²) in [5.74, 6) is 3.09. The highest BCUT2D eigenvalue weighted by Gasteiger charge is 2.18. The van der Waals surface area contributed by atoms with E-state index in [0.717, 1.165) is 16.9 Å². The predicted octanol–water partition coefficient (Wildman–Crippen LogP) is 3.02. The highest BCUT2D eigenvalue weighted by atomic mass is 16.5. The van der Waals surface area contributed by atoms with Crippen molar-refractivity contribution >= 4 is 16.9 Å². The number of aryl methyl sites for hydroxylation is 1. The standard InChI is InChI=1S/C17H24N6O2/c1-10(2)9-24-11(3)15-21-14(25-22-15)8-23(5)17-13-6-7-18-16(13)19-12(4)20-17/h6-7,10-11H,8-9H2,1-5H3,(H,18,19,20)/t11-/m1/s1. The van der Waals surface area contributed by atoms with E-state index in [1.165, 1.54) is 0 Å². The molecule has 3 aromatic rings. The van der Waals surface area contributed by atoms with E-state index in [0.29, 0.717) is 36.6 Å². The van der Waals surface area contributed by atoms with E-state index in [9.17, 15) is 0 Å². The fraction of sp³-hybridized carbons (Fsp3) is 0.529. The van der Waals surface area contributed by atoms with Crippen LogP contribution in [-0.4, -0.2) is 38.7 Å². The summed E-state index contributed by atoms with van der Waals surface area (Å²) < 4.78 is 11.1.